The van der Waals surface area contributed by atoms with Crippen LogP contribution in [0.15, 0.2) is 59.6 Å². The number of aryl methyl sites for hydroxylation is 1. The van der Waals surface area contributed by atoms with Crippen LogP contribution >= 0.6 is 24.0 Å². The molecule has 1 aromatic heterocycles. The fraction of sp³-hybridized carbons (Fsp3) is 0.321. The van der Waals surface area contributed by atoms with Gasteiger partial charge in [-0.05, 0) is 75.6 Å². The number of aromatic nitrogens is 2. The van der Waals surface area contributed by atoms with Crippen LogP contribution in [0, 0.1) is 6.92 Å². The predicted molar refractivity (Wildman–Crippen MR) is 148 cm³/mol. The van der Waals surface area contributed by atoms with E-state index in [2.05, 4.69) is 6.92 Å². The van der Waals surface area contributed by atoms with Crippen LogP contribution in [0.4, 0.5) is 0 Å². The van der Waals surface area contributed by atoms with Crippen molar-refractivity contribution < 1.29 is 14.3 Å². The highest BCUT2D eigenvalue weighted by Crippen LogP contribution is 2.36. The average Bonchev–Trinajstić information content (AvgIpc) is 3.57. The molecule has 6 nitrogen and oxygen atoms in total. The van der Waals surface area contributed by atoms with E-state index in [1.165, 1.54) is 11.8 Å². The maximum absolute atomic E-state index is 13.3. The highest BCUT2D eigenvalue weighted by atomic mass is 32.2. The first kappa shape index (κ1) is 24.7. The van der Waals surface area contributed by atoms with Gasteiger partial charge >= 0.3 is 0 Å². The van der Waals surface area contributed by atoms with Crippen LogP contribution in [0.3, 0.4) is 0 Å². The Bertz CT molecular complexity index is 1310. The summed E-state index contributed by atoms with van der Waals surface area (Å²) in [7, 11) is 0. The number of benzene rings is 2. The smallest absolute Gasteiger partial charge is 0.266 e. The van der Waals surface area contributed by atoms with E-state index in [9.17, 15) is 4.79 Å². The molecule has 0 bridgehead atoms. The van der Waals surface area contributed by atoms with Gasteiger partial charge in [0.15, 0.2) is 0 Å². The maximum atomic E-state index is 13.3. The maximum Gasteiger partial charge on any atom is 0.266 e. The number of ether oxygens (including phenoxy) is 2. The Kier molecular flexibility index (Phi) is 7.27. The van der Waals surface area contributed by atoms with Gasteiger partial charge in [-0.1, -0.05) is 42.2 Å². The molecule has 0 unspecified atom stereocenters. The summed E-state index contributed by atoms with van der Waals surface area (Å²) in [5, 5.41) is 4.93. The number of amides is 1. The molecule has 5 rings (SSSR count). The monoisotopic (exact) mass is 519 g/mol. The molecule has 1 amide bonds. The lowest BCUT2D eigenvalue weighted by atomic mass is 10.0. The Morgan fingerprint density at radius 1 is 1.25 bits per heavy atom. The molecule has 3 heterocycles. The van der Waals surface area contributed by atoms with Crippen LogP contribution in [0.25, 0.3) is 23.0 Å². The minimum absolute atomic E-state index is 0.0532. The van der Waals surface area contributed by atoms with Crippen LogP contribution in [-0.2, 0) is 9.53 Å². The van der Waals surface area contributed by atoms with Crippen molar-refractivity contribution in [1.82, 2.24) is 14.7 Å². The standard InChI is InChI=1S/C28H29N3O3S2/c1-18(2)34-22-11-12-24(19(3)14-22)26-20(16-31(29-26)21-8-5-4-6-9-21)15-25-27(32)30(28(35)36-25)17-23-10-7-13-33-23/h4-6,8-9,11-12,14-16,18,23H,7,10,13,17H2,1-3H3/b25-15-/t23-/m1/s1. The van der Waals surface area contributed by atoms with Crippen molar-refractivity contribution in [1.29, 1.82) is 0 Å². The number of carbonyl (C=O) groups is 1. The molecule has 2 aliphatic heterocycles. The van der Waals surface area contributed by atoms with E-state index in [1.807, 2.05) is 79.3 Å². The van der Waals surface area contributed by atoms with Crippen LogP contribution in [0.5, 0.6) is 5.75 Å². The first-order valence-electron chi connectivity index (χ1n) is 12.2. The lowest BCUT2D eigenvalue weighted by Gasteiger charge is -2.18. The molecule has 2 aliphatic rings. The first-order chi connectivity index (χ1) is 17.4. The summed E-state index contributed by atoms with van der Waals surface area (Å²) in [6.45, 7) is 7.33. The minimum Gasteiger partial charge on any atom is -0.491 e. The fourth-order valence-corrected chi connectivity index (χ4v) is 5.72. The van der Waals surface area contributed by atoms with Gasteiger partial charge in [0.1, 0.15) is 15.8 Å². The molecular weight excluding hydrogens is 490 g/mol. The van der Waals surface area contributed by atoms with Crippen molar-refractivity contribution in [2.45, 2.75) is 45.8 Å². The summed E-state index contributed by atoms with van der Waals surface area (Å²) in [6, 6.07) is 16.0. The molecular formula is C28H29N3O3S2. The number of nitrogens with zero attached hydrogens (tertiary/aromatic N) is 3. The Hall–Kier alpha value is -2.94. The van der Waals surface area contributed by atoms with Gasteiger partial charge in [-0.15, -0.1) is 0 Å². The van der Waals surface area contributed by atoms with Gasteiger partial charge in [0.25, 0.3) is 5.91 Å². The predicted octanol–water partition coefficient (Wildman–Crippen LogP) is 6.02. The van der Waals surface area contributed by atoms with E-state index in [-0.39, 0.29) is 18.1 Å². The second kappa shape index (κ2) is 10.6. The minimum atomic E-state index is -0.0729. The molecule has 1 atom stereocenters. The third-order valence-electron chi connectivity index (χ3n) is 6.16. The van der Waals surface area contributed by atoms with Crippen molar-refractivity contribution >= 4 is 40.3 Å². The van der Waals surface area contributed by atoms with Crippen LogP contribution in [0.1, 0.15) is 37.8 Å². The van der Waals surface area contributed by atoms with Crippen molar-refractivity contribution in [2.24, 2.45) is 0 Å². The fourth-order valence-electron chi connectivity index (χ4n) is 4.45. The van der Waals surface area contributed by atoms with Gasteiger partial charge < -0.3 is 9.47 Å². The molecule has 36 heavy (non-hydrogen) atoms. The van der Waals surface area contributed by atoms with E-state index in [4.69, 9.17) is 26.8 Å². The van der Waals surface area contributed by atoms with Gasteiger partial charge in [0.2, 0.25) is 0 Å². The molecule has 8 heteroatoms. The van der Waals surface area contributed by atoms with Crippen molar-refractivity contribution in [3.63, 3.8) is 0 Å². The molecule has 0 N–H and O–H groups in total. The molecule has 2 fully saturated rings. The second-order valence-corrected chi connectivity index (χ2v) is 11.0. The van der Waals surface area contributed by atoms with Crippen LogP contribution in [-0.4, -0.2) is 50.3 Å². The first-order valence-corrected chi connectivity index (χ1v) is 13.4. The van der Waals surface area contributed by atoms with Crippen molar-refractivity contribution in [2.75, 3.05) is 13.2 Å². The zero-order chi connectivity index (χ0) is 25.2. The molecule has 0 aliphatic carbocycles. The molecule has 186 valence electrons. The lowest BCUT2D eigenvalue weighted by molar-refractivity contribution is -0.123. The number of thioether (sulfide) groups is 1. The topological polar surface area (TPSA) is 56.6 Å². The third kappa shape index (κ3) is 5.26. The second-order valence-electron chi connectivity index (χ2n) is 9.28. The van der Waals surface area contributed by atoms with Crippen molar-refractivity contribution in [3.05, 3.63) is 70.8 Å². The third-order valence-corrected chi connectivity index (χ3v) is 7.54. The average molecular weight is 520 g/mol. The van der Waals surface area contributed by atoms with Gasteiger partial charge in [-0.25, -0.2) is 4.68 Å². The summed E-state index contributed by atoms with van der Waals surface area (Å²) in [6.07, 6.45) is 6.01. The van der Waals surface area contributed by atoms with Crippen LogP contribution in [0.2, 0.25) is 0 Å². The van der Waals surface area contributed by atoms with Gasteiger partial charge in [0.05, 0.1) is 29.3 Å². The Morgan fingerprint density at radius 2 is 2.06 bits per heavy atom. The summed E-state index contributed by atoms with van der Waals surface area (Å²) in [4.78, 5) is 15.6. The van der Waals surface area contributed by atoms with Crippen LogP contribution < -0.4 is 4.74 Å². The lowest BCUT2D eigenvalue weighted by Crippen LogP contribution is -2.35. The van der Waals surface area contributed by atoms with E-state index in [0.29, 0.717) is 15.8 Å². The van der Waals surface area contributed by atoms with E-state index < -0.39 is 0 Å². The number of hydrogen-bond acceptors (Lipinski definition) is 6. The molecule has 3 aromatic rings. The SMILES string of the molecule is Cc1cc(OC(C)C)ccc1-c1nn(-c2ccccc2)cc1/C=C1\SC(=S)N(C[C@H]2CCCO2)C1=O. The van der Waals surface area contributed by atoms with E-state index >= 15 is 0 Å². The van der Waals surface area contributed by atoms with E-state index in [1.54, 1.807) is 4.90 Å². The Labute approximate surface area is 221 Å². The van der Waals surface area contributed by atoms with Gasteiger partial charge in [-0.2, -0.15) is 5.10 Å². The Morgan fingerprint density at radius 3 is 2.75 bits per heavy atom. The Balaban J connectivity index is 1.52. The highest BCUT2D eigenvalue weighted by Gasteiger charge is 2.35. The highest BCUT2D eigenvalue weighted by molar-refractivity contribution is 8.26. The summed E-state index contributed by atoms with van der Waals surface area (Å²) in [5.41, 5.74) is 4.64. The molecule has 0 saturated carbocycles. The number of hydrogen-bond donors (Lipinski definition) is 0. The van der Waals surface area contributed by atoms with Gasteiger partial charge in [-0.3, -0.25) is 9.69 Å². The quantitative estimate of drug-likeness (QED) is 0.281. The molecule has 0 spiro atoms. The van der Waals surface area contributed by atoms with Crippen molar-refractivity contribution in [3.8, 4) is 22.7 Å². The number of rotatable bonds is 7. The summed E-state index contributed by atoms with van der Waals surface area (Å²) in [5.74, 6) is 0.751. The molecule has 2 aromatic carbocycles. The molecule has 0 radical (unpaired) electrons. The zero-order valence-corrected chi connectivity index (χ0v) is 22.3. The summed E-state index contributed by atoms with van der Waals surface area (Å²) < 4.78 is 14.0. The number of carbonyl (C=O) groups excluding carboxylic acids is 1. The summed E-state index contributed by atoms with van der Waals surface area (Å²) >= 11 is 6.90. The van der Waals surface area contributed by atoms with Gasteiger partial charge in [0, 0.05) is 23.9 Å². The van der Waals surface area contributed by atoms with E-state index in [0.717, 1.165) is 53.3 Å². The normalized spacial score (nSPS) is 19.2. The zero-order valence-electron chi connectivity index (χ0n) is 20.6. The number of thiocarbonyl (C=S) groups is 1. The number of para-hydroxylation sites is 1. The molecule has 2 saturated heterocycles. The largest absolute Gasteiger partial charge is 0.491 e.